The van der Waals surface area contributed by atoms with Gasteiger partial charge in [-0.3, -0.25) is 0 Å². The first-order valence-electron chi connectivity index (χ1n) is 4.80. The molecular formula is C10H16O4. The molecule has 14 heavy (non-hydrogen) atoms. The van der Waals surface area contributed by atoms with Crippen LogP contribution < -0.4 is 0 Å². The Hall–Kier alpha value is -0.870. The predicted octanol–water partition coefficient (Wildman–Crippen LogP) is 0.647. The number of carbonyl (C=O) groups excluding carboxylic acids is 1. The van der Waals surface area contributed by atoms with Crippen LogP contribution in [0.4, 0.5) is 0 Å². The molecule has 0 aromatic heterocycles. The van der Waals surface area contributed by atoms with Gasteiger partial charge in [-0.1, -0.05) is 6.08 Å². The lowest BCUT2D eigenvalue weighted by atomic mass is 10.2. The Bertz CT molecular complexity index is 218. The van der Waals surface area contributed by atoms with Gasteiger partial charge in [0.25, 0.3) is 0 Å². The quantitative estimate of drug-likeness (QED) is 0.296. The molecule has 1 N–H and O–H groups in total. The average Bonchev–Trinajstić information content (AvgIpc) is 2.98. The molecule has 1 unspecified atom stereocenters. The van der Waals surface area contributed by atoms with Gasteiger partial charge in [-0.25, -0.2) is 4.79 Å². The van der Waals surface area contributed by atoms with E-state index in [1.807, 2.05) is 0 Å². The maximum atomic E-state index is 11.3. The monoisotopic (exact) mass is 200 g/mol. The van der Waals surface area contributed by atoms with Crippen molar-refractivity contribution in [1.29, 1.82) is 0 Å². The smallest absolute Gasteiger partial charge is 0.333 e. The molecule has 0 aromatic rings. The lowest BCUT2D eigenvalue weighted by Gasteiger charge is -2.02. The molecule has 1 rings (SSSR count). The number of hydrogen-bond acceptors (Lipinski definition) is 4. The first-order valence-corrected chi connectivity index (χ1v) is 4.80. The molecule has 0 spiro atoms. The van der Waals surface area contributed by atoms with Crippen molar-refractivity contribution in [3.63, 3.8) is 0 Å². The number of aliphatic hydroxyl groups excluding tert-OH is 1. The minimum Gasteiger partial charge on any atom is -0.459 e. The van der Waals surface area contributed by atoms with Gasteiger partial charge in [0.15, 0.2) is 0 Å². The summed E-state index contributed by atoms with van der Waals surface area (Å²) < 4.78 is 9.87. The minimum absolute atomic E-state index is 0.115. The highest BCUT2D eigenvalue weighted by molar-refractivity contribution is 5.87. The van der Waals surface area contributed by atoms with E-state index in [9.17, 15) is 4.79 Å². The Kier molecular flexibility index (Phi) is 4.62. The van der Waals surface area contributed by atoms with Gasteiger partial charge in [0, 0.05) is 12.2 Å². The number of esters is 1. The highest BCUT2D eigenvalue weighted by Gasteiger charge is 2.24. The van der Waals surface area contributed by atoms with Crippen molar-refractivity contribution in [2.45, 2.75) is 25.9 Å². The molecule has 80 valence electrons. The SMILES string of the molecule is C/C(=C\CCCO)C(=O)OCC1CO1. The lowest BCUT2D eigenvalue weighted by molar-refractivity contribution is -0.139. The molecular weight excluding hydrogens is 184 g/mol. The molecule has 1 fully saturated rings. The molecule has 0 radical (unpaired) electrons. The number of carbonyl (C=O) groups is 1. The zero-order chi connectivity index (χ0) is 10.4. The Labute approximate surface area is 83.5 Å². The van der Waals surface area contributed by atoms with Crippen molar-refractivity contribution >= 4 is 5.97 Å². The maximum Gasteiger partial charge on any atom is 0.333 e. The summed E-state index contributed by atoms with van der Waals surface area (Å²) >= 11 is 0. The van der Waals surface area contributed by atoms with E-state index in [-0.39, 0.29) is 18.7 Å². The summed E-state index contributed by atoms with van der Waals surface area (Å²) in [6, 6.07) is 0. The van der Waals surface area contributed by atoms with Gasteiger partial charge >= 0.3 is 5.97 Å². The summed E-state index contributed by atoms with van der Waals surface area (Å²) in [7, 11) is 0. The predicted molar refractivity (Wildman–Crippen MR) is 50.8 cm³/mol. The van der Waals surface area contributed by atoms with E-state index in [1.165, 1.54) is 0 Å². The van der Waals surface area contributed by atoms with Crippen LogP contribution in [0.1, 0.15) is 19.8 Å². The number of epoxide rings is 1. The van der Waals surface area contributed by atoms with Gasteiger partial charge in [-0.05, 0) is 19.8 Å². The molecule has 1 aliphatic rings. The van der Waals surface area contributed by atoms with Gasteiger partial charge in [0.05, 0.1) is 6.61 Å². The first-order chi connectivity index (χ1) is 6.74. The molecule has 1 aliphatic heterocycles. The van der Waals surface area contributed by atoms with E-state index in [2.05, 4.69) is 0 Å². The molecule has 1 atom stereocenters. The van der Waals surface area contributed by atoms with Crippen molar-refractivity contribution in [2.75, 3.05) is 19.8 Å². The Morgan fingerprint density at radius 2 is 2.43 bits per heavy atom. The van der Waals surface area contributed by atoms with Gasteiger partial charge in [0.2, 0.25) is 0 Å². The van der Waals surface area contributed by atoms with Crippen LogP contribution in [0, 0.1) is 0 Å². The molecule has 1 saturated heterocycles. The molecule has 0 bridgehead atoms. The van der Waals surface area contributed by atoms with Crippen molar-refractivity contribution in [1.82, 2.24) is 0 Å². The Balaban J connectivity index is 2.16. The Morgan fingerprint density at radius 3 is 3.00 bits per heavy atom. The lowest BCUT2D eigenvalue weighted by Crippen LogP contribution is -2.10. The second-order valence-corrected chi connectivity index (χ2v) is 3.31. The van der Waals surface area contributed by atoms with Crippen molar-refractivity contribution in [3.05, 3.63) is 11.6 Å². The molecule has 0 aromatic carbocycles. The van der Waals surface area contributed by atoms with Crippen LogP contribution in [0.15, 0.2) is 11.6 Å². The topological polar surface area (TPSA) is 59.1 Å². The number of rotatable bonds is 6. The first kappa shape index (κ1) is 11.2. The summed E-state index contributed by atoms with van der Waals surface area (Å²) in [4.78, 5) is 11.3. The van der Waals surface area contributed by atoms with Crippen molar-refractivity contribution in [3.8, 4) is 0 Å². The standard InChI is InChI=1S/C10H16O4/c1-8(4-2-3-5-11)10(12)14-7-9-6-13-9/h4,9,11H,2-3,5-7H2,1H3/b8-4+. The van der Waals surface area contributed by atoms with Crippen LogP contribution in [0.2, 0.25) is 0 Å². The van der Waals surface area contributed by atoms with E-state index >= 15 is 0 Å². The summed E-state index contributed by atoms with van der Waals surface area (Å²) in [5, 5.41) is 8.54. The number of ether oxygens (including phenoxy) is 2. The highest BCUT2D eigenvalue weighted by Crippen LogP contribution is 2.10. The fourth-order valence-electron chi connectivity index (χ4n) is 0.940. The van der Waals surface area contributed by atoms with E-state index < -0.39 is 0 Å². The molecule has 1 heterocycles. The number of hydrogen-bond donors (Lipinski definition) is 1. The molecule has 0 amide bonds. The second-order valence-electron chi connectivity index (χ2n) is 3.31. The summed E-state index contributed by atoms with van der Waals surface area (Å²) in [5.74, 6) is -0.293. The fourth-order valence-corrected chi connectivity index (χ4v) is 0.940. The van der Waals surface area contributed by atoms with Crippen LogP contribution in [0.3, 0.4) is 0 Å². The summed E-state index contributed by atoms with van der Waals surface area (Å²) in [5.41, 5.74) is 0.596. The highest BCUT2D eigenvalue weighted by atomic mass is 16.6. The maximum absolute atomic E-state index is 11.3. The van der Waals surface area contributed by atoms with E-state index in [0.29, 0.717) is 31.6 Å². The average molecular weight is 200 g/mol. The van der Waals surface area contributed by atoms with E-state index in [0.717, 1.165) is 0 Å². The summed E-state index contributed by atoms with van der Waals surface area (Å²) in [6.45, 7) is 2.91. The third-order valence-corrected chi connectivity index (χ3v) is 1.94. The van der Waals surface area contributed by atoms with Gasteiger partial charge in [-0.15, -0.1) is 0 Å². The van der Waals surface area contributed by atoms with Crippen LogP contribution in [0.25, 0.3) is 0 Å². The van der Waals surface area contributed by atoms with E-state index in [1.54, 1.807) is 13.0 Å². The molecule has 0 aliphatic carbocycles. The zero-order valence-electron chi connectivity index (χ0n) is 8.36. The number of unbranched alkanes of at least 4 members (excludes halogenated alkanes) is 1. The zero-order valence-corrected chi connectivity index (χ0v) is 8.36. The third-order valence-electron chi connectivity index (χ3n) is 1.94. The van der Waals surface area contributed by atoms with Crippen molar-refractivity contribution < 1.29 is 19.4 Å². The van der Waals surface area contributed by atoms with E-state index in [4.69, 9.17) is 14.6 Å². The van der Waals surface area contributed by atoms with Crippen molar-refractivity contribution in [2.24, 2.45) is 0 Å². The van der Waals surface area contributed by atoms with Crippen LogP contribution in [0.5, 0.6) is 0 Å². The molecule has 4 heteroatoms. The van der Waals surface area contributed by atoms with Gasteiger partial charge in [-0.2, -0.15) is 0 Å². The van der Waals surface area contributed by atoms with Crippen LogP contribution in [-0.4, -0.2) is 37.0 Å². The molecule has 4 nitrogen and oxygen atoms in total. The molecule has 0 saturated carbocycles. The number of aliphatic hydroxyl groups is 1. The Morgan fingerprint density at radius 1 is 1.71 bits per heavy atom. The third kappa shape index (κ3) is 4.39. The van der Waals surface area contributed by atoms with Crippen LogP contribution >= 0.6 is 0 Å². The normalized spacial score (nSPS) is 20.7. The second kappa shape index (κ2) is 5.78. The number of allylic oxidation sites excluding steroid dienone is 1. The van der Waals surface area contributed by atoms with Gasteiger partial charge in [0.1, 0.15) is 12.7 Å². The fraction of sp³-hybridized carbons (Fsp3) is 0.700. The van der Waals surface area contributed by atoms with Gasteiger partial charge < -0.3 is 14.6 Å². The summed E-state index contributed by atoms with van der Waals surface area (Å²) in [6.07, 6.45) is 3.28. The van der Waals surface area contributed by atoms with Crippen LogP contribution in [-0.2, 0) is 14.3 Å². The largest absolute Gasteiger partial charge is 0.459 e. The minimum atomic E-state index is -0.293.